The molecule has 0 nitrogen and oxygen atoms in total. The Labute approximate surface area is 103 Å². The maximum Gasteiger partial charge on any atom is -0.0322 e. The summed E-state index contributed by atoms with van der Waals surface area (Å²) in [7, 11) is 0. The number of hydrogen-bond donors (Lipinski definition) is 0. The van der Waals surface area contributed by atoms with Gasteiger partial charge in [0.05, 0.1) is 0 Å². The van der Waals surface area contributed by atoms with Crippen molar-refractivity contribution >= 4 is 0 Å². The minimum atomic E-state index is 0.903. The van der Waals surface area contributed by atoms with Crippen molar-refractivity contribution in [1.82, 2.24) is 0 Å². The zero-order valence-electron chi connectivity index (χ0n) is 11.7. The maximum atomic E-state index is 2.39. The van der Waals surface area contributed by atoms with Gasteiger partial charge < -0.3 is 0 Å². The lowest BCUT2D eigenvalue weighted by Crippen LogP contribution is -2.07. The third kappa shape index (κ3) is 4.31. The molecule has 0 heteroatoms. The van der Waals surface area contributed by atoms with E-state index in [0.29, 0.717) is 0 Å². The summed E-state index contributed by atoms with van der Waals surface area (Å²) in [6.45, 7) is 9.27. The standard InChI is InChI=1S/C16H30/c1-5-7-8-14(6-2)11-15-9-10-16(12-15)13(3)4/h5,7,13-16H,6,8-12H2,1-4H3. The average Bonchev–Trinajstić information content (AvgIpc) is 2.72. The Morgan fingerprint density at radius 2 is 2.00 bits per heavy atom. The number of hydrogen-bond acceptors (Lipinski definition) is 0. The second-order valence-corrected chi connectivity index (χ2v) is 6.00. The first kappa shape index (κ1) is 13.8. The summed E-state index contributed by atoms with van der Waals surface area (Å²) in [4.78, 5) is 0. The van der Waals surface area contributed by atoms with Crippen molar-refractivity contribution in [3.63, 3.8) is 0 Å². The molecule has 0 N–H and O–H groups in total. The van der Waals surface area contributed by atoms with Gasteiger partial charge in [-0.3, -0.25) is 0 Å². The Morgan fingerprint density at radius 3 is 2.50 bits per heavy atom. The Morgan fingerprint density at radius 1 is 1.25 bits per heavy atom. The van der Waals surface area contributed by atoms with Crippen LogP contribution in [0.2, 0.25) is 0 Å². The molecule has 0 spiro atoms. The molecule has 0 aromatic rings. The smallest absolute Gasteiger partial charge is 0.0322 e. The molecule has 0 heterocycles. The monoisotopic (exact) mass is 222 g/mol. The second kappa shape index (κ2) is 7.14. The van der Waals surface area contributed by atoms with Crippen LogP contribution >= 0.6 is 0 Å². The molecule has 3 unspecified atom stereocenters. The molecule has 1 rings (SSSR count). The van der Waals surface area contributed by atoms with E-state index in [4.69, 9.17) is 0 Å². The van der Waals surface area contributed by atoms with Crippen molar-refractivity contribution in [2.24, 2.45) is 23.7 Å². The number of rotatable bonds is 6. The van der Waals surface area contributed by atoms with E-state index in [-0.39, 0.29) is 0 Å². The molecule has 1 aliphatic rings. The minimum Gasteiger partial charge on any atom is -0.0917 e. The fourth-order valence-electron chi connectivity index (χ4n) is 3.16. The first-order valence-electron chi connectivity index (χ1n) is 7.28. The van der Waals surface area contributed by atoms with Crippen LogP contribution in [0, 0.1) is 23.7 Å². The molecule has 1 saturated carbocycles. The predicted octanol–water partition coefficient (Wildman–Crippen LogP) is 5.44. The summed E-state index contributed by atoms with van der Waals surface area (Å²) in [6, 6.07) is 0. The number of allylic oxidation sites excluding steroid dienone is 2. The fourth-order valence-corrected chi connectivity index (χ4v) is 3.16. The van der Waals surface area contributed by atoms with E-state index < -0.39 is 0 Å². The van der Waals surface area contributed by atoms with E-state index in [1.807, 2.05) is 0 Å². The third-order valence-corrected chi connectivity index (χ3v) is 4.47. The quantitative estimate of drug-likeness (QED) is 0.525. The van der Waals surface area contributed by atoms with Crippen LogP contribution in [0.1, 0.15) is 66.2 Å². The van der Waals surface area contributed by atoms with Gasteiger partial charge in [0, 0.05) is 0 Å². The largest absolute Gasteiger partial charge is 0.0917 e. The van der Waals surface area contributed by atoms with Gasteiger partial charge in [0.1, 0.15) is 0 Å². The molecule has 3 atom stereocenters. The predicted molar refractivity (Wildman–Crippen MR) is 73.5 cm³/mol. The summed E-state index contributed by atoms with van der Waals surface area (Å²) >= 11 is 0. The van der Waals surface area contributed by atoms with Gasteiger partial charge in [-0.1, -0.05) is 45.8 Å². The summed E-state index contributed by atoms with van der Waals surface area (Å²) in [5, 5.41) is 0. The van der Waals surface area contributed by atoms with Crippen LogP contribution in [-0.2, 0) is 0 Å². The molecule has 1 aliphatic carbocycles. The van der Waals surface area contributed by atoms with Gasteiger partial charge in [-0.25, -0.2) is 0 Å². The molecule has 0 aromatic heterocycles. The summed E-state index contributed by atoms with van der Waals surface area (Å²) < 4.78 is 0. The van der Waals surface area contributed by atoms with Gasteiger partial charge in [-0.05, 0) is 56.3 Å². The van der Waals surface area contributed by atoms with Crippen molar-refractivity contribution in [2.75, 3.05) is 0 Å². The van der Waals surface area contributed by atoms with E-state index in [1.165, 1.54) is 38.5 Å². The zero-order valence-corrected chi connectivity index (χ0v) is 11.7. The summed E-state index contributed by atoms with van der Waals surface area (Å²) in [5.41, 5.74) is 0. The van der Waals surface area contributed by atoms with Crippen molar-refractivity contribution in [3.8, 4) is 0 Å². The first-order chi connectivity index (χ1) is 7.67. The molecule has 1 fully saturated rings. The van der Waals surface area contributed by atoms with Crippen LogP contribution < -0.4 is 0 Å². The van der Waals surface area contributed by atoms with Crippen LogP contribution in [-0.4, -0.2) is 0 Å². The molecule has 0 radical (unpaired) electrons. The lowest BCUT2D eigenvalue weighted by molar-refractivity contribution is 0.334. The van der Waals surface area contributed by atoms with Gasteiger partial charge in [0.15, 0.2) is 0 Å². The Bertz CT molecular complexity index is 202. The lowest BCUT2D eigenvalue weighted by atomic mass is 9.87. The van der Waals surface area contributed by atoms with E-state index in [1.54, 1.807) is 0 Å². The van der Waals surface area contributed by atoms with Crippen molar-refractivity contribution in [1.29, 1.82) is 0 Å². The van der Waals surface area contributed by atoms with Crippen LogP contribution in [0.15, 0.2) is 12.2 Å². The van der Waals surface area contributed by atoms with Gasteiger partial charge in [-0.2, -0.15) is 0 Å². The highest BCUT2D eigenvalue weighted by Gasteiger charge is 2.27. The summed E-state index contributed by atoms with van der Waals surface area (Å²) in [6.07, 6.45) is 13.2. The van der Waals surface area contributed by atoms with Crippen molar-refractivity contribution in [2.45, 2.75) is 66.2 Å². The average molecular weight is 222 g/mol. The Balaban J connectivity index is 2.31. The van der Waals surface area contributed by atoms with Crippen molar-refractivity contribution in [3.05, 3.63) is 12.2 Å². The SMILES string of the molecule is CC=CCC(CC)CC1CCC(C(C)C)C1. The highest BCUT2D eigenvalue weighted by molar-refractivity contribution is 4.84. The molecular formula is C16H30. The van der Waals surface area contributed by atoms with E-state index in [0.717, 1.165) is 23.7 Å². The molecule has 0 saturated heterocycles. The molecule has 0 aromatic carbocycles. The highest BCUT2D eigenvalue weighted by atomic mass is 14.3. The normalized spacial score (nSPS) is 28.1. The van der Waals surface area contributed by atoms with Gasteiger partial charge >= 0.3 is 0 Å². The lowest BCUT2D eigenvalue weighted by Gasteiger charge is -2.19. The van der Waals surface area contributed by atoms with Crippen molar-refractivity contribution < 1.29 is 0 Å². The second-order valence-electron chi connectivity index (χ2n) is 6.00. The highest BCUT2D eigenvalue weighted by Crippen LogP contribution is 2.39. The van der Waals surface area contributed by atoms with Crippen LogP contribution in [0.4, 0.5) is 0 Å². The van der Waals surface area contributed by atoms with E-state index in [2.05, 4.69) is 39.8 Å². The Hall–Kier alpha value is -0.260. The van der Waals surface area contributed by atoms with Crippen LogP contribution in [0.5, 0.6) is 0 Å². The molecule has 0 amide bonds. The molecular weight excluding hydrogens is 192 g/mol. The first-order valence-corrected chi connectivity index (χ1v) is 7.28. The Kier molecular flexibility index (Phi) is 6.16. The topological polar surface area (TPSA) is 0 Å². The fraction of sp³-hybridized carbons (Fsp3) is 0.875. The van der Waals surface area contributed by atoms with Crippen LogP contribution in [0.3, 0.4) is 0 Å². The zero-order chi connectivity index (χ0) is 12.0. The molecule has 0 bridgehead atoms. The van der Waals surface area contributed by atoms with Crippen LogP contribution in [0.25, 0.3) is 0 Å². The van der Waals surface area contributed by atoms with E-state index >= 15 is 0 Å². The van der Waals surface area contributed by atoms with Gasteiger partial charge in [-0.15, -0.1) is 0 Å². The van der Waals surface area contributed by atoms with E-state index in [9.17, 15) is 0 Å². The maximum absolute atomic E-state index is 2.39. The molecule has 0 aliphatic heterocycles. The minimum absolute atomic E-state index is 0.903. The molecule has 16 heavy (non-hydrogen) atoms. The molecule has 94 valence electrons. The summed E-state index contributed by atoms with van der Waals surface area (Å²) in [5.74, 6) is 3.89. The van der Waals surface area contributed by atoms with Gasteiger partial charge in [0.2, 0.25) is 0 Å². The van der Waals surface area contributed by atoms with Gasteiger partial charge in [0.25, 0.3) is 0 Å². The third-order valence-electron chi connectivity index (χ3n) is 4.47.